The minimum Gasteiger partial charge on any atom is -0.466 e. The third-order valence-corrected chi connectivity index (χ3v) is 4.81. The smallest absolute Gasteiger partial charge is 0.262 e. The van der Waals surface area contributed by atoms with E-state index in [0.29, 0.717) is 23.3 Å². The van der Waals surface area contributed by atoms with Crippen molar-refractivity contribution in [2.24, 2.45) is 0 Å². The fourth-order valence-corrected chi connectivity index (χ4v) is 3.28. The Hall–Kier alpha value is -3.76. The lowest BCUT2D eigenvalue weighted by atomic mass is 10.1. The SMILES string of the molecule is CN(C)c1nc(N2CCCCC2)ncc1NC(=O)COc1ccc(-n2cccn2)nn1. The normalized spacial score (nSPS) is 13.7. The van der Waals surface area contributed by atoms with Gasteiger partial charge in [-0.1, -0.05) is 0 Å². The molecule has 31 heavy (non-hydrogen) atoms. The minimum absolute atomic E-state index is 0.212. The van der Waals surface area contributed by atoms with Crippen molar-refractivity contribution in [1.29, 1.82) is 0 Å². The molecule has 0 spiro atoms. The standard InChI is InChI=1S/C20H25N9O2/c1-27(2)19-15(13-21-20(24-19)28-10-4-3-5-11-28)23-17(30)14-31-18-8-7-16(25-26-18)29-12-6-9-22-29/h6-9,12-13H,3-5,10-11,14H2,1-2H3,(H,23,30). The van der Waals surface area contributed by atoms with Gasteiger partial charge in [0, 0.05) is 45.6 Å². The van der Waals surface area contributed by atoms with Gasteiger partial charge < -0.3 is 19.9 Å². The number of hydrogen-bond donors (Lipinski definition) is 1. The summed E-state index contributed by atoms with van der Waals surface area (Å²) in [6.07, 6.45) is 8.58. The number of anilines is 3. The molecule has 1 aliphatic heterocycles. The van der Waals surface area contributed by atoms with Crippen molar-refractivity contribution >= 4 is 23.4 Å². The van der Waals surface area contributed by atoms with Crippen LogP contribution in [0.25, 0.3) is 5.82 Å². The lowest BCUT2D eigenvalue weighted by Gasteiger charge is -2.28. The first-order valence-corrected chi connectivity index (χ1v) is 10.2. The quantitative estimate of drug-likeness (QED) is 0.604. The molecule has 11 nitrogen and oxygen atoms in total. The van der Waals surface area contributed by atoms with Gasteiger partial charge in [-0.3, -0.25) is 4.79 Å². The molecule has 162 valence electrons. The van der Waals surface area contributed by atoms with Gasteiger partial charge in [0.15, 0.2) is 18.2 Å². The number of hydrogen-bond acceptors (Lipinski definition) is 9. The highest BCUT2D eigenvalue weighted by Crippen LogP contribution is 2.25. The number of amides is 1. The molecule has 0 unspecified atom stereocenters. The third kappa shape index (κ3) is 5.05. The van der Waals surface area contributed by atoms with Crippen LogP contribution < -0.4 is 19.9 Å². The Bertz CT molecular complexity index is 1000. The van der Waals surface area contributed by atoms with Crippen molar-refractivity contribution in [3.05, 3.63) is 36.8 Å². The van der Waals surface area contributed by atoms with Gasteiger partial charge in [-0.15, -0.1) is 10.2 Å². The van der Waals surface area contributed by atoms with Crippen LogP contribution >= 0.6 is 0 Å². The number of carbonyl (C=O) groups excluding carboxylic acids is 1. The fourth-order valence-electron chi connectivity index (χ4n) is 3.28. The van der Waals surface area contributed by atoms with E-state index in [2.05, 4.69) is 35.5 Å². The monoisotopic (exact) mass is 423 g/mol. The number of nitrogens with zero attached hydrogens (tertiary/aromatic N) is 8. The van der Waals surface area contributed by atoms with Crippen molar-refractivity contribution in [3.8, 4) is 11.7 Å². The van der Waals surface area contributed by atoms with E-state index in [4.69, 9.17) is 4.74 Å². The third-order valence-electron chi connectivity index (χ3n) is 4.81. The summed E-state index contributed by atoms with van der Waals surface area (Å²) in [7, 11) is 3.76. The summed E-state index contributed by atoms with van der Waals surface area (Å²) in [5.74, 6) is 1.80. The molecule has 0 atom stereocenters. The van der Waals surface area contributed by atoms with Crippen molar-refractivity contribution < 1.29 is 9.53 Å². The molecule has 4 heterocycles. The summed E-state index contributed by atoms with van der Waals surface area (Å²) < 4.78 is 7.04. The van der Waals surface area contributed by atoms with Gasteiger partial charge >= 0.3 is 0 Å². The molecule has 4 rings (SSSR count). The average molecular weight is 423 g/mol. The van der Waals surface area contributed by atoms with Crippen molar-refractivity contribution in [1.82, 2.24) is 29.9 Å². The largest absolute Gasteiger partial charge is 0.466 e. The maximum atomic E-state index is 12.4. The summed E-state index contributed by atoms with van der Waals surface area (Å²) >= 11 is 0. The maximum absolute atomic E-state index is 12.4. The van der Waals surface area contributed by atoms with Gasteiger partial charge in [0.1, 0.15) is 5.69 Å². The van der Waals surface area contributed by atoms with E-state index in [1.807, 2.05) is 19.0 Å². The molecule has 3 aromatic heterocycles. The second kappa shape index (κ2) is 9.37. The van der Waals surface area contributed by atoms with Crippen LogP contribution in [-0.4, -0.2) is 69.6 Å². The molecular weight excluding hydrogens is 398 g/mol. The second-order valence-corrected chi connectivity index (χ2v) is 7.37. The number of piperidine rings is 1. The number of aromatic nitrogens is 6. The van der Waals surface area contributed by atoms with E-state index in [9.17, 15) is 4.79 Å². The lowest BCUT2D eigenvalue weighted by molar-refractivity contribution is -0.118. The van der Waals surface area contributed by atoms with E-state index in [1.165, 1.54) is 6.42 Å². The van der Waals surface area contributed by atoms with Crippen LogP contribution in [0.5, 0.6) is 5.88 Å². The predicted octanol–water partition coefficient (Wildman–Crippen LogP) is 1.53. The van der Waals surface area contributed by atoms with E-state index in [-0.39, 0.29) is 18.4 Å². The number of carbonyl (C=O) groups is 1. The number of rotatable bonds is 7. The molecule has 0 aliphatic carbocycles. The van der Waals surface area contributed by atoms with Crippen molar-refractivity contribution in [3.63, 3.8) is 0 Å². The van der Waals surface area contributed by atoms with Crippen molar-refractivity contribution in [2.45, 2.75) is 19.3 Å². The molecule has 1 saturated heterocycles. The lowest BCUT2D eigenvalue weighted by Crippen LogP contribution is -2.31. The van der Waals surface area contributed by atoms with Crippen LogP contribution in [0.2, 0.25) is 0 Å². The first-order valence-electron chi connectivity index (χ1n) is 10.2. The summed E-state index contributed by atoms with van der Waals surface area (Å²) in [6.45, 7) is 1.69. The minimum atomic E-state index is -0.338. The van der Waals surface area contributed by atoms with Crippen molar-refractivity contribution in [2.75, 3.05) is 48.9 Å². The summed E-state index contributed by atoms with van der Waals surface area (Å²) in [5, 5.41) is 14.9. The summed E-state index contributed by atoms with van der Waals surface area (Å²) in [5.41, 5.74) is 0.527. The van der Waals surface area contributed by atoms with Crippen LogP contribution in [0.4, 0.5) is 17.5 Å². The number of ether oxygens (including phenoxy) is 1. The van der Waals surface area contributed by atoms with Gasteiger partial charge in [0.25, 0.3) is 5.91 Å². The molecule has 1 aliphatic rings. The first kappa shape index (κ1) is 20.5. The first-order chi connectivity index (χ1) is 15.1. The van der Waals surface area contributed by atoms with Crippen LogP contribution in [0.1, 0.15) is 19.3 Å². The zero-order chi connectivity index (χ0) is 21.6. The van der Waals surface area contributed by atoms with E-state index in [0.717, 1.165) is 25.9 Å². The van der Waals surface area contributed by atoms with E-state index < -0.39 is 0 Å². The highest BCUT2D eigenvalue weighted by molar-refractivity contribution is 5.94. The maximum Gasteiger partial charge on any atom is 0.262 e. The zero-order valence-corrected chi connectivity index (χ0v) is 17.6. The van der Waals surface area contributed by atoms with Gasteiger partial charge in [-0.2, -0.15) is 10.1 Å². The van der Waals surface area contributed by atoms with Crippen LogP contribution in [0.15, 0.2) is 36.8 Å². The van der Waals surface area contributed by atoms with Crippen LogP contribution in [-0.2, 0) is 4.79 Å². The Morgan fingerprint density at radius 2 is 2.03 bits per heavy atom. The molecule has 0 saturated carbocycles. The molecule has 0 bridgehead atoms. The van der Waals surface area contributed by atoms with Gasteiger partial charge in [0.2, 0.25) is 11.8 Å². The Balaban J connectivity index is 1.37. The number of nitrogens with one attached hydrogen (secondary N) is 1. The van der Waals surface area contributed by atoms with Crippen LogP contribution in [0, 0.1) is 0 Å². The van der Waals surface area contributed by atoms with Crippen LogP contribution in [0.3, 0.4) is 0 Å². The van der Waals surface area contributed by atoms with E-state index >= 15 is 0 Å². The Morgan fingerprint density at radius 3 is 2.71 bits per heavy atom. The van der Waals surface area contributed by atoms with E-state index in [1.54, 1.807) is 41.5 Å². The topological polar surface area (TPSA) is 114 Å². The summed E-state index contributed by atoms with van der Waals surface area (Å²) in [4.78, 5) is 25.6. The highest BCUT2D eigenvalue weighted by atomic mass is 16.5. The molecule has 11 heteroatoms. The highest BCUT2D eigenvalue weighted by Gasteiger charge is 2.18. The zero-order valence-electron chi connectivity index (χ0n) is 17.6. The molecule has 1 amide bonds. The fraction of sp³-hybridized carbons (Fsp3) is 0.400. The molecule has 0 radical (unpaired) electrons. The van der Waals surface area contributed by atoms with Gasteiger partial charge in [0.05, 0.1) is 6.20 Å². The average Bonchev–Trinajstić information content (AvgIpc) is 3.34. The Labute approximate surface area is 180 Å². The Morgan fingerprint density at radius 1 is 1.19 bits per heavy atom. The molecule has 1 fully saturated rings. The Kier molecular flexibility index (Phi) is 6.20. The second-order valence-electron chi connectivity index (χ2n) is 7.37. The van der Waals surface area contributed by atoms with Gasteiger partial charge in [-0.05, 0) is 31.4 Å². The molecule has 1 N–H and O–H groups in total. The summed E-state index contributed by atoms with van der Waals surface area (Å²) in [6, 6.07) is 5.14. The molecule has 3 aromatic rings. The molecule has 0 aromatic carbocycles. The molecular formula is C20H25N9O2. The predicted molar refractivity (Wildman–Crippen MR) is 116 cm³/mol. The van der Waals surface area contributed by atoms with Gasteiger partial charge in [-0.25, -0.2) is 9.67 Å².